The van der Waals surface area contributed by atoms with E-state index in [2.05, 4.69) is 37.1 Å². The lowest BCUT2D eigenvalue weighted by Gasteiger charge is -2.32. The molecule has 2 fully saturated rings. The van der Waals surface area contributed by atoms with Gasteiger partial charge in [0, 0.05) is 37.1 Å². The van der Waals surface area contributed by atoms with Crippen LogP contribution >= 0.6 is 11.6 Å². The van der Waals surface area contributed by atoms with Gasteiger partial charge in [0.05, 0.1) is 18.4 Å². The molecule has 0 saturated carbocycles. The fourth-order valence-corrected chi connectivity index (χ4v) is 4.97. The number of anilines is 1. The molecule has 0 aliphatic carbocycles. The summed E-state index contributed by atoms with van der Waals surface area (Å²) >= 11 is 6.00. The zero-order valence-corrected chi connectivity index (χ0v) is 20.9. The van der Waals surface area contributed by atoms with E-state index in [0.29, 0.717) is 40.5 Å². The molecule has 0 radical (unpaired) electrons. The van der Waals surface area contributed by atoms with Crippen molar-refractivity contribution in [3.05, 3.63) is 68.9 Å². The Balaban J connectivity index is 1.19. The second-order valence-corrected chi connectivity index (χ2v) is 9.90. The molecule has 0 N–H and O–H groups in total. The molecule has 36 heavy (non-hydrogen) atoms. The van der Waals surface area contributed by atoms with E-state index in [9.17, 15) is 4.79 Å². The molecular formula is C24H27ClN8O3. The summed E-state index contributed by atoms with van der Waals surface area (Å²) in [4.78, 5) is 27.0. The summed E-state index contributed by atoms with van der Waals surface area (Å²) in [6.07, 6.45) is 2.22. The number of hydrogen-bond acceptors (Lipinski definition) is 9. The van der Waals surface area contributed by atoms with E-state index in [1.54, 1.807) is 4.52 Å². The molecular weight excluding hydrogens is 484 g/mol. The maximum absolute atomic E-state index is 13.3. The molecule has 2 aliphatic heterocycles. The highest BCUT2D eigenvalue weighted by Gasteiger charge is 2.31. The molecule has 1 aromatic carbocycles. The highest BCUT2D eigenvalue weighted by Crippen LogP contribution is 2.37. The van der Waals surface area contributed by atoms with Crippen molar-refractivity contribution in [2.24, 2.45) is 0 Å². The van der Waals surface area contributed by atoms with Gasteiger partial charge in [-0.1, -0.05) is 28.9 Å². The van der Waals surface area contributed by atoms with Crippen LogP contribution in [0.2, 0.25) is 5.02 Å². The monoisotopic (exact) mass is 510 g/mol. The lowest BCUT2D eigenvalue weighted by Crippen LogP contribution is -2.45. The number of nitrogens with zero attached hydrogens (tertiary/aromatic N) is 8. The fraction of sp³-hybridized carbons (Fsp3) is 0.458. The molecule has 0 amide bonds. The fourth-order valence-electron chi connectivity index (χ4n) is 4.84. The predicted molar refractivity (Wildman–Crippen MR) is 133 cm³/mol. The highest BCUT2D eigenvalue weighted by molar-refractivity contribution is 6.30. The number of likely N-dealkylation sites (N-methyl/N-ethyl adjacent to an activating group) is 1. The molecule has 5 heterocycles. The first-order chi connectivity index (χ1) is 17.5. The van der Waals surface area contributed by atoms with Gasteiger partial charge >= 0.3 is 0 Å². The van der Waals surface area contributed by atoms with E-state index in [0.717, 1.165) is 38.2 Å². The Morgan fingerprint density at radius 2 is 1.89 bits per heavy atom. The van der Waals surface area contributed by atoms with Crippen LogP contribution in [0.15, 0.2) is 39.9 Å². The van der Waals surface area contributed by atoms with Gasteiger partial charge in [0.15, 0.2) is 11.3 Å². The maximum atomic E-state index is 13.3. The Labute approximate surface area is 212 Å². The van der Waals surface area contributed by atoms with E-state index in [1.165, 1.54) is 10.9 Å². The third-order valence-electron chi connectivity index (χ3n) is 6.96. The van der Waals surface area contributed by atoms with Crippen LogP contribution in [0.1, 0.15) is 41.4 Å². The second-order valence-electron chi connectivity index (χ2n) is 9.46. The minimum atomic E-state index is -0.192. The van der Waals surface area contributed by atoms with Gasteiger partial charge in [-0.3, -0.25) is 9.36 Å². The van der Waals surface area contributed by atoms with Crippen LogP contribution in [0.4, 0.5) is 5.95 Å². The molecule has 2 saturated heterocycles. The normalized spacial score (nSPS) is 21.0. The van der Waals surface area contributed by atoms with Crippen LogP contribution in [0.25, 0.3) is 5.52 Å². The summed E-state index contributed by atoms with van der Waals surface area (Å²) in [7, 11) is 2.10. The van der Waals surface area contributed by atoms with E-state index in [-0.39, 0.29) is 24.1 Å². The number of ether oxygens (including phenoxy) is 1. The smallest absolute Gasteiger partial charge is 0.280 e. The molecule has 11 nitrogen and oxygen atoms in total. The number of aryl methyl sites for hydroxylation is 1. The van der Waals surface area contributed by atoms with Crippen molar-refractivity contribution < 1.29 is 9.26 Å². The number of aromatic nitrogens is 6. The van der Waals surface area contributed by atoms with Gasteiger partial charge < -0.3 is 19.1 Å². The summed E-state index contributed by atoms with van der Waals surface area (Å²) in [5.74, 6) is 1.66. The molecule has 3 aromatic heterocycles. The number of benzene rings is 1. The zero-order chi connectivity index (χ0) is 24.8. The number of imidazole rings is 1. The van der Waals surface area contributed by atoms with Crippen molar-refractivity contribution in [2.75, 3.05) is 44.7 Å². The Bertz CT molecular complexity index is 1440. The van der Waals surface area contributed by atoms with Gasteiger partial charge in [-0.05, 0) is 38.1 Å². The van der Waals surface area contributed by atoms with E-state index < -0.39 is 0 Å². The summed E-state index contributed by atoms with van der Waals surface area (Å²) in [6, 6.07) is 7.66. The third kappa shape index (κ3) is 4.27. The third-order valence-corrected chi connectivity index (χ3v) is 7.21. The van der Waals surface area contributed by atoms with Crippen LogP contribution in [0.3, 0.4) is 0 Å². The molecule has 4 aromatic rings. The standard InChI is InChI=1S/C24H27ClN8O3/c1-15-21-23(34)32(14-26-33(21)24(27-15)31-9-7-30(2)8-10-31)12-20-28-22(29-36-20)17-11-19(35-13-17)16-3-5-18(25)6-4-16/h3-6,14,17,19H,7-13H2,1-2H3/t17-,19+/m0/s1. The summed E-state index contributed by atoms with van der Waals surface area (Å²) in [5.41, 5.74) is 1.99. The second kappa shape index (κ2) is 9.30. The van der Waals surface area contributed by atoms with Gasteiger partial charge in [0.25, 0.3) is 5.56 Å². The van der Waals surface area contributed by atoms with Gasteiger partial charge in [0.1, 0.15) is 12.9 Å². The van der Waals surface area contributed by atoms with Gasteiger partial charge in [-0.25, -0.2) is 4.98 Å². The van der Waals surface area contributed by atoms with E-state index in [1.807, 2.05) is 31.2 Å². The molecule has 188 valence electrons. The number of piperazine rings is 1. The van der Waals surface area contributed by atoms with Crippen LogP contribution < -0.4 is 10.5 Å². The number of hydrogen-bond donors (Lipinski definition) is 0. The minimum Gasteiger partial charge on any atom is -0.373 e. The van der Waals surface area contributed by atoms with Crippen molar-refractivity contribution in [1.29, 1.82) is 0 Å². The molecule has 2 aliphatic rings. The van der Waals surface area contributed by atoms with E-state index >= 15 is 0 Å². The molecule has 0 unspecified atom stereocenters. The molecule has 2 atom stereocenters. The predicted octanol–water partition coefficient (Wildman–Crippen LogP) is 2.28. The van der Waals surface area contributed by atoms with Crippen molar-refractivity contribution >= 4 is 23.1 Å². The first-order valence-corrected chi connectivity index (χ1v) is 12.4. The largest absolute Gasteiger partial charge is 0.373 e. The van der Waals surface area contributed by atoms with Gasteiger partial charge in [-0.2, -0.15) is 14.6 Å². The number of rotatable bonds is 5. The average molecular weight is 511 g/mol. The van der Waals surface area contributed by atoms with Crippen LogP contribution in [-0.2, 0) is 11.3 Å². The first-order valence-electron chi connectivity index (χ1n) is 12.0. The Morgan fingerprint density at radius 1 is 1.11 bits per heavy atom. The minimum absolute atomic E-state index is 0.0173. The van der Waals surface area contributed by atoms with E-state index in [4.69, 9.17) is 20.9 Å². The highest BCUT2D eigenvalue weighted by atomic mass is 35.5. The molecule has 0 bridgehead atoms. The Kier molecular flexibility index (Phi) is 5.98. The van der Waals surface area contributed by atoms with Crippen molar-refractivity contribution in [2.45, 2.75) is 31.9 Å². The SMILES string of the molecule is Cc1nc(N2CCN(C)CC2)n2ncn(Cc3nc([C@@H]4CO[C@@H](c5ccc(Cl)cc5)C4)no3)c(=O)c12. The summed E-state index contributed by atoms with van der Waals surface area (Å²) in [5, 5.41) is 9.39. The van der Waals surface area contributed by atoms with Crippen molar-refractivity contribution in [3.8, 4) is 0 Å². The summed E-state index contributed by atoms with van der Waals surface area (Å²) in [6.45, 7) is 6.04. The number of fused-ring (bicyclic) bond motifs is 1. The van der Waals surface area contributed by atoms with Gasteiger partial charge in [0.2, 0.25) is 11.8 Å². The molecule has 0 spiro atoms. The van der Waals surface area contributed by atoms with Gasteiger partial charge in [-0.15, -0.1) is 0 Å². The Morgan fingerprint density at radius 3 is 2.67 bits per heavy atom. The van der Waals surface area contributed by atoms with Crippen molar-refractivity contribution in [1.82, 2.24) is 34.2 Å². The topological polar surface area (TPSA) is 107 Å². The molecule has 12 heteroatoms. The summed E-state index contributed by atoms with van der Waals surface area (Å²) < 4.78 is 14.6. The average Bonchev–Trinajstić information content (AvgIpc) is 3.61. The first kappa shape index (κ1) is 23.1. The lowest BCUT2D eigenvalue weighted by atomic mass is 10.0. The quantitative estimate of drug-likeness (QED) is 0.399. The molecule has 6 rings (SSSR count). The number of halogens is 1. The van der Waals surface area contributed by atoms with Crippen LogP contribution in [-0.4, -0.2) is 74.0 Å². The van der Waals surface area contributed by atoms with Crippen LogP contribution in [0, 0.1) is 6.92 Å². The van der Waals surface area contributed by atoms with Crippen LogP contribution in [0.5, 0.6) is 0 Å². The Hall–Kier alpha value is -3.28. The zero-order valence-electron chi connectivity index (χ0n) is 20.2. The maximum Gasteiger partial charge on any atom is 0.280 e. The van der Waals surface area contributed by atoms with Crippen molar-refractivity contribution in [3.63, 3.8) is 0 Å². The lowest BCUT2D eigenvalue weighted by molar-refractivity contribution is 0.110.